The summed E-state index contributed by atoms with van der Waals surface area (Å²) in [6, 6.07) is 0.0410. The fourth-order valence-corrected chi connectivity index (χ4v) is 7.11. The molecule has 3 rings (SSSR count). The van der Waals surface area contributed by atoms with Gasteiger partial charge in [-0.3, -0.25) is 4.68 Å². The first kappa shape index (κ1) is 22.9. The van der Waals surface area contributed by atoms with E-state index >= 15 is 0 Å². The third kappa shape index (κ3) is 3.93. The van der Waals surface area contributed by atoms with Gasteiger partial charge in [-0.05, 0) is 41.0 Å². The molecule has 0 bridgehead atoms. The van der Waals surface area contributed by atoms with Crippen LogP contribution in [0.4, 0.5) is 0 Å². The smallest absolute Gasteiger partial charge is 0.262 e. The van der Waals surface area contributed by atoms with Crippen LogP contribution in [0.3, 0.4) is 0 Å². The monoisotopic (exact) mass is 458 g/mol. The average molecular weight is 459 g/mol. The normalized spacial score (nSPS) is 17.6. The maximum atomic E-state index is 13.4. The molecule has 30 heavy (non-hydrogen) atoms. The number of imidazole rings is 1. The van der Waals surface area contributed by atoms with Crippen molar-refractivity contribution in [2.24, 2.45) is 7.05 Å². The summed E-state index contributed by atoms with van der Waals surface area (Å²) >= 11 is 0. The van der Waals surface area contributed by atoms with Gasteiger partial charge in [-0.15, -0.1) is 0 Å². The molecule has 168 valence electrons. The van der Waals surface area contributed by atoms with E-state index in [-0.39, 0.29) is 42.1 Å². The van der Waals surface area contributed by atoms with Crippen molar-refractivity contribution >= 4 is 20.0 Å². The van der Waals surface area contributed by atoms with Gasteiger partial charge >= 0.3 is 0 Å². The predicted octanol–water partition coefficient (Wildman–Crippen LogP) is 1.21. The molecule has 0 aromatic carbocycles. The fraction of sp³-hybridized carbons (Fsp3) is 0.667. The van der Waals surface area contributed by atoms with Gasteiger partial charge in [0.1, 0.15) is 10.7 Å². The van der Waals surface area contributed by atoms with Crippen molar-refractivity contribution in [3.8, 4) is 0 Å². The second-order valence-corrected chi connectivity index (χ2v) is 11.7. The van der Waals surface area contributed by atoms with Crippen LogP contribution >= 0.6 is 0 Å². The molecule has 2 aromatic heterocycles. The molecule has 1 fully saturated rings. The molecule has 0 N–H and O–H groups in total. The quantitative estimate of drug-likeness (QED) is 0.666. The van der Waals surface area contributed by atoms with Crippen LogP contribution in [0.1, 0.15) is 43.5 Å². The molecular weight excluding hydrogens is 428 g/mol. The van der Waals surface area contributed by atoms with Crippen molar-refractivity contribution in [1.82, 2.24) is 27.9 Å². The number of aromatic nitrogens is 4. The van der Waals surface area contributed by atoms with Crippen molar-refractivity contribution < 1.29 is 16.8 Å². The van der Waals surface area contributed by atoms with Crippen molar-refractivity contribution in [1.29, 1.82) is 0 Å². The first-order chi connectivity index (χ1) is 13.9. The number of nitrogens with zero attached hydrogens (tertiary/aromatic N) is 6. The van der Waals surface area contributed by atoms with Gasteiger partial charge in [0.25, 0.3) is 10.0 Å². The lowest BCUT2D eigenvalue weighted by Crippen LogP contribution is -2.37. The summed E-state index contributed by atoms with van der Waals surface area (Å²) in [6.07, 6.45) is 1.89. The van der Waals surface area contributed by atoms with Crippen LogP contribution in [0, 0.1) is 20.8 Å². The molecule has 0 atom stereocenters. The van der Waals surface area contributed by atoms with Gasteiger partial charge < -0.3 is 4.57 Å². The largest absolute Gasteiger partial charge is 0.337 e. The van der Waals surface area contributed by atoms with Gasteiger partial charge in [0.15, 0.2) is 5.03 Å². The van der Waals surface area contributed by atoms with E-state index < -0.39 is 20.0 Å². The predicted molar refractivity (Wildman–Crippen MR) is 112 cm³/mol. The van der Waals surface area contributed by atoms with E-state index in [0.29, 0.717) is 23.6 Å². The first-order valence-electron chi connectivity index (χ1n) is 9.93. The van der Waals surface area contributed by atoms with Gasteiger partial charge in [0.2, 0.25) is 10.0 Å². The van der Waals surface area contributed by atoms with Crippen molar-refractivity contribution in [2.75, 3.05) is 26.2 Å². The molecule has 1 aliphatic heterocycles. The highest BCUT2D eigenvalue weighted by Gasteiger charge is 2.35. The second-order valence-electron chi connectivity index (χ2n) is 7.94. The summed E-state index contributed by atoms with van der Waals surface area (Å²) in [4.78, 5) is 4.35. The van der Waals surface area contributed by atoms with E-state index in [9.17, 15) is 16.8 Å². The highest BCUT2D eigenvalue weighted by atomic mass is 32.2. The van der Waals surface area contributed by atoms with Crippen molar-refractivity contribution in [3.63, 3.8) is 0 Å². The molecule has 12 heteroatoms. The Morgan fingerprint density at radius 2 is 1.50 bits per heavy atom. The highest BCUT2D eigenvalue weighted by molar-refractivity contribution is 7.89. The SMILES string of the molecule is Cc1nn(C(C)C)c(C)c1S(=O)(=O)N1CCCN(S(=O)(=O)c2cn(C)c(C)n2)CC1. The van der Waals surface area contributed by atoms with Gasteiger partial charge in [-0.2, -0.15) is 13.7 Å². The Hall–Kier alpha value is -1.76. The molecular formula is C18H30N6O4S2. The van der Waals surface area contributed by atoms with E-state index in [1.807, 2.05) is 13.8 Å². The Bertz CT molecular complexity index is 1130. The van der Waals surface area contributed by atoms with Gasteiger partial charge in [0, 0.05) is 45.5 Å². The summed E-state index contributed by atoms with van der Waals surface area (Å²) in [5, 5.41) is 4.38. The molecule has 10 nitrogen and oxygen atoms in total. The lowest BCUT2D eigenvalue weighted by atomic mass is 10.3. The standard InChI is InChI=1S/C18H30N6O4S2/c1-13(2)24-15(4)18(14(3)20-24)30(27,28)23-9-7-8-22(10-11-23)29(25,26)17-12-21(6)16(5)19-17/h12-13H,7-11H2,1-6H3. The van der Waals surface area contributed by atoms with Gasteiger partial charge in [-0.25, -0.2) is 21.8 Å². The van der Waals surface area contributed by atoms with E-state index in [1.165, 1.54) is 14.8 Å². The molecule has 1 aliphatic rings. The van der Waals surface area contributed by atoms with Crippen molar-refractivity contribution in [2.45, 2.75) is 57.0 Å². The number of sulfonamides is 2. The van der Waals surface area contributed by atoms with E-state index in [2.05, 4.69) is 10.1 Å². The summed E-state index contributed by atoms with van der Waals surface area (Å²) in [5.41, 5.74) is 1.05. The second kappa shape index (κ2) is 8.06. The zero-order chi connectivity index (χ0) is 22.4. The van der Waals surface area contributed by atoms with E-state index in [4.69, 9.17) is 0 Å². The summed E-state index contributed by atoms with van der Waals surface area (Å²) < 4.78 is 58.8. The Labute approximate surface area is 178 Å². The Morgan fingerprint density at radius 3 is 1.97 bits per heavy atom. The van der Waals surface area contributed by atoms with E-state index in [1.54, 1.807) is 37.1 Å². The molecule has 0 unspecified atom stereocenters. The van der Waals surface area contributed by atoms with Gasteiger partial charge in [0.05, 0.1) is 11.4 Å². The summed E-state index contributed by atoms with van der Waals surface area (Å²) in [6.45, 7) is 9.73. The Kier molecular flexibility index (Phi) is 6.16. The zero-order valence-electron chi connectivity index (χ0n) is 18.3. The average Bonchev–Trinajstić information content (AvgIpc) is 3.01. The van der Waals surface area contributed by atoms with Crippen LogP contribution in [0.5, 0.6) is 0 Å². The molecule has 0 saturated carbocycles. The molecule has 0 radical (unpaired) electrons. The number of aryl methyl sites for hydroxylation is 3. The molecule has 1 saturated heterocycles. The lowest BCUT2D eigenvalue weighted by Gasteiger charge is -2.21. The van der Waals surface area contributed by atoms with E-state index in [0.717, 1.165) is 0 Å². The Morgan fingerprint density at radius 1 is 0.933 bits per heavy atom. The Balaban J connectivity index is 1.86. The van der Waals surface area contributed by atoms with Crippen LogP contribution in [0.25, 0.3) is 0 Å². The highest BCUT2D eigenvalue weighted by Crippen LogP contribution is 2.27. The van der Waals surface area contributed by atoms with Gasteiger partial charge in [-0.1, -0.05) is 0 Å². The van der Waals surface area contributed by atoms with Crippen LogP contribution in [-0.2, 0) is 27.1 Å². The fourth-order valence-electron chi connectivity index (χ4n) is 3.79. The third-order valence-electron chi connectivity index (χ3n) is 5.45. The maximum absolute atomic E-state index is 13.4. The number of hydrogen-bond acceptors (Lipinski definition) is 6. The molecule has 0 aliphatic carbocycles. The molecule has 0 amide bonds. The number of rotatable bonds is 5. The minimum Gasteiger partial charge on any atom is -0.337 e. The van der Waals surface area contributed by atoms with Crippen LogP contribution < -0.4 is 0 Å². The minimum atomic E-state index is -3.79. The number of hydrogen-bond donors (Lipinski definition) is 0. The minimum absolute atomic E-state index is 0.0105. The summed E-state index contributed by atoms with van der Waals surface area (Å²) in [7, 11) is -5.83. The van der Waals surface area contributed by atoms with Crippen LogP contribution in [0.2, 0.25) is 0 Å². The first-order valence-corrected chi connectivity index (χ1v) is 12.8. The van der Waals surface area contributed by atoms with Crippen molar-refractivity contribution in [3.05, 3.63) is 23.4 Å². The zero-order valence-corrected chi connectivity index (χ0v) is 20.0. The lowest BCUT2D eigenvalue weighted by molar-refractivity contribution is 0.403. The maximum Gasteiger partial charge on any atom is 0.262 e. The molecule has 3 heterocycles. The topological polar surface area (TPSA) is 110 Å². The molecule has 0 spiro atoms. The van der Waals surface area contributed by atoms with Crippen LogP contribution in [-0.4, -0.2) is 71.0 Å². The summed E-state index contributed by atoms with van der Waals surface area (Å²) in [5.74, 6) is 0.598. The van der Waals surface area contributed by atoms with Crippen LogP contribution in [0.15, 0.2) is 16.1 Å². The molecule has 2 aromatic rings. The third-order valence-corrected chi connectivity index (χ3v) is 9.37.